The zero-order chi connectivity index (χ0) is 21.1. The van der Waals surface area contributed by atoms with Crippen LogP contribution >= 0.6 is 0 Å². The number of benzene rings is 2. The van der Waals surface area contributed by atoms with Crippen molar-refractivity contribution in [3.8, 4) is 17.6 Å². The summed E-state index contributed by atoms with van der Waals surface area (Å²) in [5, 5.41) is 18.3. The Morgan fingerprint density at radius 3 is 2.53 bits per heavy atom. The summed E-state index contributed by atoms with van der Waals surface area (Å²) in [6.07, 6.45) is -2.02. The van der Waals surface area contributed by atoms with Crippen LogP contribution in [-0.4, -0.2) is 50.7 Å². The van der Waals surface area contributed by atoms with Crippen LogP contribution in [0.1, 0.15) is 16.7 Å². The molecule has 30 heavy (non-hydrogen) atoms. The van der Waals surface area contributed by atoms with Gasteiger partial charge in [0, 0.05) is 7.11 Å². The molecule has 0 aromatic heterocycles. The number of nitriles is 1. The zero-order valence-electron chi connectivity index (χ0n) is 16.7. The van der Waals surface area contributed by atoms with Crippen molar-refractivity contribution < 1.29 is 33.3 Å². The molecule has 1 unspecified atom stereocenters. The van der Waals surface area contributed by atoms with E-state index in [2.05, 4.69) is 6.07 Å². The molecule has 4 atom stereocenters. The van der Waals surface area contributed by atoms with Crippen LogP contribution in [0.2, 0.25) is 0 Å². The van der Waals surface area contributed by atoms with Crippen LogP contribution in [0.4, 0.5) is 0 Å². The molecule has 0 aliphatic carbocycles. The van der Waals surface area contributed by atoms with Crippen molar-refractivity contribution in [3.63, 3.8) is 0 Å². The molecule has 0 radical (unpaired) electrons. The fourth-order valence-electron chi connectivity index (χ4n) is 3.46. The van der Waals surface area contributed by atoms with Gasteiger partial charge in [-0.2, -0.15) is 5.26 Å². The molecule has 4 rings (SSSR count). The molecule has 2 aliphatic rings. The topological polar surface area (TPSA) is 99.4 Å². The Morgan fingerprint density at radius 2 is 1.83 bits per heavy atom. The number of methoxy groups -OCH3 is 1. The second kappa shape index (κ2) is 9.14. The molecule has 0 saturated carbocycles. The summed E-state index contributed by atoms with van der Waals surface area (Å²) >= 11 is 0. The standard InChI is InChI=1S/C21H22BNO7/c1-13-3-6-17(27-16-7-4-14(10-23)5-8-16)9-15(13)12-26-22-29-19-18(11-24)28-21(25-2)20(19)30-22/h3-9,18-21,24H,11-12H2,1-2H3/t18-,19?,20+,21-/m1/s1. The van der Waals surface area contributed by atoms with E-state index >= 15 is 0 Å². The van der Waals surface area contributed by atoms with E-state index in [0.29, 0.717) is 17.1 Å². The van der Waals surface area contributed by atoms with Crippen molar-refractivity contribution in [3.05, 3.63) is 59.2 Å². The second-order valence-electron chi connectivity index (χ2n) is 7.09. The Hall–Kier alpha value is -2.45. The molecular weight excluding hydrogens is 389 g/mol. The minimum atomic E-state index is -0.877. The number of hydrogen-bond acceptors (Lipinski definition) is 8. The van der Waals surface area contributed by atoms with E-state index in [1.165, 1.54) is 7.11 Å². The summed E-state index contributed by atoms with van der Waals surface area (Å²) in [5.74, 6) is 1.29. The monoisotopic (exact) mass is 411 g/mol. The van der Waals surface area contributed by atoms with E-state index in [1.54, 1.807) is 24.3 Å². The molecule has 156 valence electrons. The molecule has 9 heteroatoms. The van der Waals surface area contributed by atoms with Gasteiger partial charge in [0.1, 0.15) is 29.8 Å². The van der Waals surface area contributed by atoms with E-state index in [9.17, 15) is 5.11 Å². The lowest BCUT2D eigenvalue weighted by atomic mass is 10.1. The fourth-order valence-corrected chi connectivity index (χ4v) is 3.46. The molecule has 2 aliphatic heterocycles. The van der Waals surface area contributed by atoms with Crippen LogP contribution in [0, 0.1) is 18.3 Å². The lowest BCUT2D eigenvalue weighted by Gasteiger charge is -2.16. The lowest BCUT2D eigenvalue weighted by molar-refractivity contribution is -0.155. The van der Waals surface area contributed by atoms with Crippen LogP contribution < -0.4 is 4.74 Å². The number of aryl methyl sites for hydroxylation is 1. The van der Waals surface area contributed by atoms with Crippen molar-refractivity contribution in [2.75, 3.05) is 13.7 Å². The summed E-state index contributed by atoms with van der Waals surface area (Å²) < 4.78 is 34.0. The van der Waals surface area contributed by atoms with Gasteiger partial charge in [0.2, 0.25) is 0 Å². The molecule has 1 N–H and O–H groups in total. The fraction of sp³-hybridized carbons (Fsp3) is 0.381. The van der Waals surface area contributed by atoms with Gasteiger partial charge in [-0.25, -0.2) is 0 Å². The third-order valence-corrected chi connectivity index (χ3v) is 5.13. The third-order valence-electron chi connectivity index (χ3n) is 5.13. The SMILES string of the molecule is CO[C@@H]1O[C@H](CO)C2OB(OCc3cc(Oc4ccc(C#N)cc4)ccc3C)O[C@@H]21. The first-order valence-corrected chi connectivity index (χ1v) is 9.60. The largest absolute Gasteiger partial charge is 0.640 e. The second-order valence-corrected chi connectivity index (χ2v) is 7.09. The highest BCUT2D eigenvalue weighted by molar-refractivity contribution is 6.37. The molecule has 2 heterocycles. The summed E-state index contributed by atoms with van der Waals surface area (Å²) in [6, 6.07) is 14.7. The maximum atomic E-state index is 9.45. The number of fused-ring (bicyclic) bond motifs is 1. The van der Waals surface area contributed by atoms with Crippen molar-refractivity contribution >= 4 is 7.32 Å². The third kappa shape index (κ3) is 4.34. The predicted octanol–water partition coefficient (Wildman–Crippen LogP) is 2.31. The Morgan fingerprint density at radius 1 is 1.10 bits per heavy atom. The lowest BCUT2D eigenvalue weighted by Crippen LogP contribution is -2.31. The van der Waals surface area contributed by atoms with Gasteiger partial charge in [-0.1, -0.05) is 6.07 Å². The number of aliphatic hydroxyl groups excluding tert-OH is 1. The highest BCUT2D eigenvalue weighted by atomic mass is 16.8. The molecule has 2 aromatic rings. The molecular formula is C21H22BNO7. The van der Waals surface area contributed by atoms with Crippen LogP contribution in [0.5, 0.6) is 11.5 Å². The van der Waals surface area contributed by atoms with Gasteiger partial charge in [0.25, 0.3) is 0 Å². The smallest absolute Gasteiger partial charge is 0.457 e. The van der Waals surface area contributed by atoms with Gasteiger partial charge in [-0.05, 0) is 54.4 Å². The Kier molecular flexibility index (Phi) is 6.34. The van der Waals surface area contributed by atoms with Crippen molar-refractivity contribution in [2.45, 2.75) is 38.1 Å². The normalized spacial score (nSPS) is 25.2. The van der Waals surface area contributed by atoms with Gasteiger partial charge < -0.3 is 33.3 Å². The number of hydrogen-bond donors (Lipinski definition) is 1. The van der Waals surface area contributed by atoms with Gasteiger partial charge >= 0.3 is 7.32 Å². The van der Waals surface area contributed by atoms with Crippen molar-refractivity contribution in [2.24, 2.45) is 0 Å². The molecule has 8 nitrogen and oxygen atoms in total. The summed E-state index contributed by atoms with van der Waals surface area (Å²) in [6.45, 7) is 2.04. The minimum absolute atomic E-state index is 0.190. The maximum Gasteiger partial charge on any atom is 0.640 e. The van der Waals surface area contributed by atoms with Gasteiger partial charge in [0.15, 0.2) is 6.29 Å². The summed E-state index contributed by atoms with van der Waals surface area (Å²) in [4.78, 5) is 0. The van der Waals surface area contributed by atoms with Crippen molar-refractivity contribution in [1.29, 1.82) is 5.26 Å². The molecule has 0 amide bonds. The van der Waals surface area contributed by atoms with Crippen LogP contribution in [-0.2, 0) is 30.0 Å². The average Bonchev–Trinajstić information content (AvgIpc) is 3.33. The Labute approximate surface area is 175 Å². The highest BCUT2D eigenvalue weighted by Gasteiger charge is 2.55. The predicted molar refractivity (Wildman–Crippen MR) is 105 cm³/mol. The summed E-state index contributed by atoms with van der Waals surface area (Å²) in [5.41, 5.74) is 2.53. The van der Waals surface area contributed by atoms with E-state index in [1.807, 2.05) is 25.1 Å². The number of rotatable bonds is 7. The van der Waals surface area contributed by atoms with Crippen LogP contribution in [0.3, 0.4) is 0 Å². The van der Waals surface area contributed by atoms with Gasteiger partial charge in [0.05, 0.1) is 24.8 Å². The Balaban J connectivity index is 1.38. The zero-order valence-corrected chi connectivity index (χ0v) is 16.7. The number of nitrogens with zero attached hydrogens (tertiary/aromatic N) is 1. The molecule has 0 spiro atoms. The first-order valence-electron chi connectivity index (χ1n) is 9.60. The molecule has 2 saturated heterocycles. The van der Waals surface area contributed by atoms with Gasteiger partial charge in [-0.3, -0.25) is 0 Å². The average molecular weight is 411 g/mol. The van der Waals surface area contributed by atoms with Crippen LogP contribution in [0.25, 0.3) is 0 Å². The highest BCUT2D eigenvalue weighted by Crippen LogP contribution is 2.33. The van der Waals surface area contributed by atoms with E-state index in [4.69, 9.17) is 33.4 Å². The number of aliphatic hydroxyl groups is 1. The quantitative estimate of drug-likeness (QED) is 0.694. The van der Waals surface area contributed by atoms with Crippen molar-refractivity contribution in [1.82, 2.24) is 0 Å². The first-order chi connectivity index (χ1) is 14.6. The molecule has 2 fully saturated rings. The van der Waals surface area contributed by atoms with Crippen LogP contribution in [0.15, 0.2) is 42.5 Å². The van der Waals surface area contributed by atoms with E-state index < -0.39 is 31.9 Å². The maximum absolute atomic E-state index is 9.45. The Bertz CT molecular complexity index is 899. The van der Waals surface area contributed by atoms with E-state index in [0.717, 1.165) is 11.1 Å². The molecule has 2 aromatic carbocycles. The number of ether oxygens (including phenoxy) is 3. The first kappa shape index (κ1) is 20.8. The molecule has 0 bridgehead atoms. The van der Waals surface area contributed by atoms with E-state index in [-0.39, 0.29) is 13.2 Å². The minimum Gasteiger partial charge on any atom is -0.457 e. The van der Waals surface area contributed by atoms with Gasteiger partial charge in [-0.15, -0.1) is 0 Å². The summed E-state index contributed by atoms with van der Waals surface area (Å²) in [7, 11) is 0.639.